The summed E-state index contributed by atoms with van der Waals surface area (Å²) in [7, 11) is -3.43. The molecule has 10 heteroatoms. The molecular weight excluding hydrogens is 398 g/mol. The van der Waals surface area contributed by atoms with Crippen LogP contribution in [0.25, 0.3) is 0 Å². The Morgan fingerprint density at radius 3 is 2.46 bits per heavy atom. The Kier molecular flexibility index (Phi) is 4.10. The monoisotopic (exact) mass is 419 g/mol. The summed E-state index contributed by atoms with van der Waals surface area (Å²) in [6, 6.07) is -0.720. The average Bonchev–Trinajstić information content (AvgIpc) is 3.13. The Morgan fingerprint density at radius 2 is 1.86 bits per heavy atom. The predicted molar refractivity (Wildman–Crippen MR) is 106 cm³/mol. The third-order valence-corrected chi connectivity index (χ3v) is 8.67. The van der Waals surface area contributed by atoms with Crippen LogP contribution in [-0.2, 0) is 41.2 Å². The van der Waals surface area contributed by atoms with Crippen LogP contribution in [0.5, 0.6) is 0 Å². The van der Waals surface area contributed by atoms with Crippen LogP contribution in [0.3, 0.4) is 0 Å². The zero-order valence-electron chi connectivity index (χ0n) is 15.2. The molecule has 0 bridgehead atoms. The van der Waals surface area contributed by atoms with Crippen LogP contribution < -0.4 is 10.5 Å². The highest BCUT2D eigenvalue weighted by molar-refractivity contribution is 7.93. The van der Waals surface area contributed by atoms with Crippen LogP contribution in [0.4, 0.5) is 10.5 Å². The molecule has 148 valence electrons. The molecular formula is C18H21N5O3S2. The van der Waals surface area contributed by atoms with Crippen molar-refractivity contribution in [3.8, 4) is 0 Å². The van der Waals surface area contributed by atoms with E-state index in [9.17, 15) is 14.1 Å². The zero-order chi connectivity index (χ0) is 19.5. The van der Waals surface area contributed by atoms with Crippen LogP contribution in [-0.4, -0.2) is 25.3 Å². The van der Waals surface area contributed by atoms with Crippen molar-refractivity contribution >= 4 is 33.0 Å². The number of carbonyl (C=O) groups is 1. The van der Waals surface area contributed by atoms with Gasteiger partial charge in [0.1, 0.15) is 14.8 Å². The lowest BCUT2D eigenvalue weighted by atomic mass is 10.1. The van der Waals surface area contributed by atoms with Gasteiger partial charge in [-0.05, 0) is 62.5 Å². The molecule has 5 rings (SSSR count). The van der Waals surface area contributed by atoms with Crippen LogP contribution in [0.15, 0.2) is 14.8 Å². The molecule has 4 N–H and O–H groups in total. The van der Waals surface area contributed by atoms with Gasteiger partial charge in [0.2, 0.25) is 0 Å². The molecule has 3 aliphatic carbocycles. The van der Waals surface area contributed by atoms with E-state index in [-0.39, 0.29) is 4.21 Å². The minimum Gasteiger partial charge on any atom is -0.383 e. The summed E-state index contributed by atoms with van der Waals surface area (Å²) < 4.78 is 16.8. The molecule has 3 aliphatic rings. The first kappa shape index (κ1) is 18.2. The molecule has 2 heterocycles. The lowest BCUT2D eigenvalue weighted by Gasteiger charge is -2.14. The number of pyridine rings is 1. The van der Waals surface area contributed by atoms with E-state index in [2.05, 4.69) is 14.7 Å². The van der Waals surface area contributed by atoms with Crippen molar-refractivity contribution in [2.45, 2.75) is 61.2 Å². The fraction of sp³-hybridized carbons (Fsp3) is 0.500. The van der Waals surface area contributed by atoms with E-state index in [1.807, 2.05) is 0 Å². The molecule has 0 aliphatic heterocycles. The molecule has 8 nitrogen and oxygen atoms in total. The minimum atomic E-state index is -3.43. The normalized spacial score (nSPS) is 20.9. The first-order chi connectivity index (χ1) is 13.4. The maximum atomic E-state index is 12.8. The Labute approximate surface area is 166 Å². The number of nitrogens with one attached hydrogen (secondary N) is 1. The molecule has 28 heavy (non-hydrogen) atoms. The predicted octanol–water partition coefficient (Wildman–Crippen LogP) is 2.43. The first-order valence-electron chi connectivity index (χ1n) is 9.44. The van der Waals surface area contributed by atoms with Gasteiger partial charge in [0.15, 0.2) is 9.92 Å². The van der Waals surface area contributed by atoms with Crippen molar-refractivity contribution < 1.29 is 14.1 Å². The second-order valence-electron chi connectivity index (χ2n) is 7.65. The van der Waals surface area contributed by atoms with E-state index in [0.717, 1.165) is 78.1 Å². The highest BCUT2D eigenvalue weighted by Gasteiger charge is 2.45. The molecule has 2 amide bonds. The van der Waals surface area contributed by atoms with E-state index in [1.165, 1.54) is 6.20 Å². The van der Waals surface area contributed by atoms with Gasteiger partial charge < -0.3 is 10.4 Å². The van der Waals surface area contributed by atoms with Gasteiger partial charge in [0, 0.05) is 11.4 Å². The topological polar surface area (TPSA) is 131 Å². The maximum Gasteiger partial charge on any atom is 0.354 e. The molecule has 1 fully saturated rings. The lowest BCUT2D eigenvalue weighted by molar-refractivity contribution is 0.151. The highest BCUT2D eigenvalue weighted by atomic mass is 32.2. The zero-order valence-corrected chi connectivity index (χ0v) is 16.9. The Balaban J connectivity index is 1.45. The molecule has 1 unspecified atom stereocenters. The molecule has 2 aromatic rings. The number of rotatable bonds is 3. The maximum absolute atomic E-state index is 12.8. The number of anilines is 1. The van der Waals surface area contributed by atoms with Crippen molar-refractivity contribution in [3.63, 3.8) is 0 Å². The number of hydrogen-bond donors (Lipinski definition) is 3. The average molecular weight is 420 g/mol. The van der Waals surface area contributed by atoms with E-state index in [1.54, 1.807) is 0 Å². The quantitative estimate of drug-likeness (QED) is 0.703. The molecule has 1 atom stereocenters. The van der Waals surface area contributed by atoms with Gasteiger partial charge >= 0.3 is 6.03 Å². The van der Waals surface area contributed by atoms with Gasteiger partial charge in [-0.15, -0.1) is 15.7 Å². The van der Waals surface area contributed by atoms with Crippen LogP contribution >= 0.6 is 11.3 Å². The number of aliphatic hydroxyl groups is 1. The number of aryl methyl sites for hydroxylation is 2. The molecule has 0 saturated heterocycles. The summed E-state index contributed by atoms with van der Waals surface area (Å²) >= 11 is 1.05. The Bertz CT molecular complexity index is 1080. The van der Waals surface area contributed by atoms with Crippen molar-refractivity contribution in [3.05, 3.63) is 33.7 Å². The van der Waals surface area contributed by atoms with Gasteiger partial charge in [-0.2, -0.15) is 0 Å². The van der Waals surface area contributed by atoms with Gasteiger partial charge in [0.05, 0.1) is 11.9 Å². The Hall–Kier alpha value is -1.88. The fourth-order valence-electron chi connectivity index (χ4n) is 3.98. The summed E-state index contributed by atoms with van der Waals surface area (Å²) in [5.41, 5.74) is 4.10. The molecule has 2 aromatic heterocycles. The lowest BCUT2D eigenvalue weighted by Crippen LogP contribution is -2.18. The van der Waals surface area contributed by atoms with E-state index in [0.29, 0.717) is 17.8 Å². The largest absolute Gasteiger partial charge is 0.383 e. The number of amides is 2. The number of nitrogens with zero attached hydrogens (tertiary/aromatic N) is 3. The number of hydrogen-bond acceptors (Lipinski definition) is 6. The molecule has 0 aromatic carbocycles. The highest BCUT2D eigenvalue weighted by Crippen LogP contribution is 2.47. The fourth-order valence-corrected chi connectivity index (χ4v) is 6.18. The third-order valence-electron chi connectivity index (χ3n) is 5.60. The second kappa shape index (κ2) is 6.31. The van der Waals surface area contributed by atoms with Crippen LogP contribution in [0, 0.1) is 0 Å². The summed E-state index contributed by atoms with van der Waals surface area (Å²) in [5.74, 6) is 0. The van der Waals surface area contributed by atoms with Gasteiger partial charge in [-0.1, -0.05) is 0 Å². The SMILES string of the molecule is NS(=O)(=NC(=O)Nc1c2c(nc3c1CCC3)CCC2)c1cnc(C2(O)CC2)s1. The smallest absolute Gasteiger partial charge is 0.354 e. The standard InChI is InChI=1S/C18H21N5O3S2/c19-28(26,14-9-20-16(27-14)18(25)7-8-18)23-17(24)22-15-10-3-1-5-12(10)21-13-6-2-4-11(13)15/h9,25H,1-8H2,(H3,19,21,22,23,24,26). The van der Waals surface area contributed by atoms with Crippen molar-refractivity contribution in [1.82, 2.24) is 9.97 Å². The number of fused-ring (bicyclic) bond motifs is 2. The third kappa shape index (κ3) is 3.04. The van der Waals surface area contributed by atoms with E-state index in [4.69, 9.17) is 10.1 Å². The number of thiazole rings is 1. The first-order valence-corrected chi connectivity index (χ1v) is 11.8. The minimum absolute atomic E-state index is 0.197. The van der Waals surface area contributed by atoms with Crippen LogP contribution in [0.2, 0.25) is 0 Å². The number of carbonyl (C=O) groups excluding carboxylic acids is 1. The molecule has 0 radical (unpaired) electrons. The van der Waals surface area contributed by atoms with Crippen LogP contribution in [0.1, 0.15) is 53.2 Å². The number of aromatic nitrogens is 2. The van der Waals surface area contributed by atoms with Gasteiger partial charge in [-0.3, -0.25) is 4.98 Å². The van der Waals surface area contributed by atoms with Crippen molar-refractivity contribution in [2.24, 2.45) is 9.50 Å². The van der Waals surface area contributed by atoms with Crippen molar-refractivity contribution in [1.29, 1.82) is 0 Å². The molecule has 1 saturated carbocycles. The summed E-state index contributed by atoms with van der Waals surface area (Å²) in [4.78, 5) is 21.5. The van der Waals surface area contributed by atoms with E-state index >= 15 is 0 Å². The number of urea groups is 1. The number of nitrogens with two attached hydrogens (primary N) is 1. The van der Waals surface area contributed by atoms with Crippen molar-refractivity contribution in [2.75, 3.05) is 5.32 Å². The van der Waals surface area contributed by atoms with E-state index < -0.39 is 21.5 Å². The second-order valence-corrected chi connectivity index (χ2v) is 10.7. The Morgan fingerprint density at radius 1 is 1.21 bits per heavy atom. The van der Waals surface area contributed by atoms with Gasteiger partial charge in [0.25, 0.3) is 0 Å². The summed E-state index contributed by atoms with van der Waals surface area (Å²) in [5, 5.41) is 19.3. The molecule has 0 spiro atoms. The van der Waals surface area contributed by atoms with Gasteiger partial charge in [-0.25, -0.2) is 19.1 Å². The summed E-state index contributed by atoms with van der Waals surface area (Å²) in [6.45, 7) is 0. The summed E-state index contributed by atoms with van der Waals surface area (Å²) in [6.07, 6.45) is 8.23.